The first-order valence-corrected chi connectivity index (χ1v) is 6.84. The summed E-state index contributed by atoms with van der Waals surface area (Å²) in [5.74, 6) is 0.0874. The second-order valence-electron chi connectivity index (χ2n) is 4.31. The number of aliphatic hydroxyl groups is 2. The summed E-state index contributed by atoms with van der Waals surface area (Å²) < 4.78 is 23.0. The molecule has 0 radical (unpaired) electrons. The zero-order valence-corrected chi connectivity index (χ0v) is 9.94. The number of nitrogens with zero attached hydrogens (tertiary/aromatic N) is 1. The highest BCUT2D eigenvalue weighted by Crippen LogP contribution is 2.10. The molecule has 1 aliphatic rings. The van der Waals surface area contributed by atoms with Gasteiger partial charge in [-0.1, -0.05) is 0 Å². The summed E-state index contributed by atoms with van der Waals surface area (Å²) in [5.41, 5.74) is 0. The second kappa shape index (κ2) is 4.78. The Bertz CT molecular complexity index is 291. The fourth-order valence-corrected chi connectivity index (χ4v) is 2.51. The number of β-amino-alcohol motifs (C(OH)–C–C–N with tert-alkyl or cyclic N) is 2. The third-order valence-corrected chi connectivity index (χ3v) is 4.93. The van der Waals surface area contributed by atoms with Crippen molar-refractivity contribution in [2.24, 2.45) is 0 Å². The van der Waals surface area contributed by atoms with Gasteiger partial charge in [-0.3, -0.25) is 4.90 Å². The molecule has 1 rings (SSSR count). The molecule has 0 aromatic carbocycles. The van der Waals surface area contributed by atoms with Gasteiger partial charge >= 0.3 is 0 Å². The third kappa shape index (κ3) is 3.41. The molecule has 1 saturated heterocycles. The van der Waals surface area contributed by atoms with Crippen molar-refractivity contribution in [2.75, 3.05) is 25.4 Å². The first-order chi connectivity index (χ1) is 6.83. The lowest BCUT2D eigenvalue weighted by Gasteiger charge is -2.15. The molecule has 0 aliphatic carbocycles. The molecule has 2 atom stereocenters. The van der Waals surface area contributed by atoms with E-state index in [1.54, 1.807) is 18.7 Å². The van der Waals surface area contributed by atoms with E-state index in [-0.39, 0.29) is 11.0 Å². The smallest absolute Gasteiger partial charge is 0.153 e. The number of rotatable bonds is 4. The van der Waals surface area contributed by atoms with E-state index < -0.39 is 22.0 Å². The second-order valence-corrected chi connectivity index (χ2v) is 6.99. The molecular weight excluding hydrogens is 218 g/mol. The molecule has 0 saturated carbocycles. The van der Waals surface area contributed by atoms with Gasteiger partial charge in [-0.05, 0) is 13.8 Å². The Morgan fingerprint density at radius 2 is 1.73 bits per heavy atom. The fraction of sp³-hybridized carbons (Fsp3) is 1.00. The van der Waals surface area contributed by atoms with Crippen molar-refractivity contribution in [2.45, 2.75) is 31.3 Å². The molecule has 0 unspecified atom stereocenters. The van der Waals surface area contributed by atoms with Gasteiger partial charge in [0.1, 0.15) is 0 Å². The molecule has 0 aromatic rings. The van der Waals surface area contributed by atoms with Crippen molar-refractivity contribution in [1.82, 2.24) is 4.90 Å². The Labute approximate surface area is 90.6 Å². The minimum Gasteiger partial charge on any atom is -0.389 e. The van der Waals surface area contributed by atoms with Crippen LogP contribution in [0.4, 0.5) is 0 Å². The van der Waals surface area contributed by atoms with Crippen molar-refractivity contribution in [1.29, 1.82) is 0 Å². The van der Waals surface area contributed by atoms with Crippen LogP contribution in [0.15, 0.2) is 0 Å². The molecule has 2 N–H and O–H groups in total. The molecule has 0 bridgehead atoms. The molecule has 90 valence electrons. The van der Waals surface area contributed by atoms with Gasteiger partial charge in [-0.15, -0.1) is 0 Å². The van der Waals surface area contributed by atoms with Crippen LogP contribution in [0.5, 0.6) is 0 Å². The number of likely N-dealkylation sites (tertiary alicyclic amines) is 1. The van der Waals surface area contributed by atoms with E-state index in [0.717, 1.165) is 0 Å². The Hall–Kier alpha value is -0.170. The Kier molecular flexibility index (Phi) is 4.11. The van der Waals surface area contributed by atoms with E-state index in [2.05, 4.69) is 0 Å². The van der Waals surface area contributed by atoms with Crippen LogP contribution in [0.3, 0.4) is 0 Å². The molecule has 6 heteroatoms. The van der Waals surface area contributed by atoms with Crippen LogP contribution in [-0.2, 0) is 9.84 Å². The summed E-state index contributed by atoms with van der Waals surface area (Å²) in [5, 5.41) is 18.2. The van der Waals surface area contributed by atoms with Crippen molar-refractivity contribution < 1.29 is 18.6 Å². The zero-order chi connectivity index (χ0) is 11.6. The van der Waals surface area contributed by atoms with Gasteiger partial charge in [0.2, 0.25) is 0 Å². The molecule has 0 spiro atoms. The van der Waals surface area contributed by atoms with Gasteiger partial charge in [0.15, 0.2) is 9.84 Å². The van der Waals surface area contributed by atoms with Crippen LogP contribution < -0.4 is 0 Å². The van der Waals surface area contributed by atoms with E-state index in [1.165, 1.54) is 0 Å². The average Bonchev–Trinajstić information content (AvgIpc) is 2.43. The molecule has 0 amide bonds. The van der Waals surface area contributed by atoms with Crippen LogP contribution in [0.2, 0.25) is 0 Å². The van der Waals surface area contributed by atoms with E-state index in [0.29, 0.717) is 19.6 Å². The molecule has 1 heterocycles. The van der Waals surface area contributed by atoms with E-state index in [4.69, 9.17) is 0 Å². The average molecular weight is 237 g/mol. The van der Waals surface area contributed by atoms with Gasteiger partial charge in [-0.2, -0.15) is 0 Å². The molecule has 1 fully saturated rings. The van der Waals surface area contributed by atoms with Gasteiger partial charge in [0.05, 0.1) is 23.2 Å². The van der Waals surface area contributed by atoms with E-state index in [1.807, 2.05) is 0 Å². The maximum Gasteiger partial charge on any atom is 0.153 e. The van der Waals surface area contributed by atoms with Crippen LogP contribution in [0.1, 0.15) is 13.8 Å². The predicted molar refractivity (Wildman–Crippen MR) is 57.4 cm³/mol. The summed E-state index contributed by atoms with van der Waals surface area (Å²) in [4.78, 5) is 1.77. The summed E-state index contributed by atoms with van der Waals surface area (Å²) in [6, 6.07) is 0. The highest BCUT2D eigenvalue weighted by Gasteiger charge is 2.30. The van der Waals surface area contributed by atoms with Crippen LogP contribution >= 0.6 is 0 Å². The lowest BCUT2D eigenvalue weighted by molar-refractivity contribution is 0.0572. The SMILES string of the molecule is CC(C)S(=O)(=O)CCN1C[C@@H](O)[C@@H](O)C1. The van der Waals surface area contributed by atoms with Gasteiger partial charge < -0.3 is 10.2 Å². The number of aliphatic hydroxyl groups excluding tert-OH is 2. The van der Waals surface area contributed by atoms with Crippen molar-refractivity contribution >= 4 is 9.84 Å². The number of hydrogen-bond acceptors (Lipinski definition) is 5. The maximum absolute atomic E-state index is 11.5. The first kappa shape index (κ1) is 12.9. The quantitative estimate of drug-likeness (QED) is 0.645. The summed E-state index contributed by atoms with van der Waals surface area (Å²) in [6.07, 6.45) is -1.49. The molecule has 5 nitrogen and oxygen atoms in total. The van der Waals surface area contributed by atoms with Crippen LogP contribution in [0.25, 0.3) is 0 Å². The third-order valence-electron chi connectivity index (χ3n) is 2.74. The van der Waals surface area contributed by atoms with Gasteiger partial charge in [0, 0.05) is 19.6 Å². The minimum atomic E-state index is -3.03. The van der Waals surface area contributed by atoms with Crippen molar-refractivity contribution in [3.8, 4) is 0 Å². The Balaban J connectivity index is 2.39. The monoisotopic (exact) mass is 237 g/mol. The summed E-state index contributed by atoms with van der Waals surface area (Å²) in [6.45, 7) is 4.41. The highest BCUT2D eigenvalue weighted by molar-refractivity contribution is 7.92. The minimum absolute atomic E-state index is 0.0874. The normalized spacial score (nSPS) is 28.9. The standard InChI is InChI=1S/C9H19NO4S/c1-7(2)15(13,14)4-3-10-5-8(11)9(12)6-10/h7-9,11-12H,3-6H2,1-2H3/t8-,9+. The zero-order valence-electron chi connectivity index (χ0n) is 9.13. The molecular formula is C9H19NO4S. The lowest BCUT2D eigenvalue weighted by Crippen LogP contribution is -2.31. The fourth-order valence-electron chi connectivity index (χ4n) is 1.52. The Morgan fingerprint density at radius 1 is 1.27 bits per heavy atom. The van der Waals surface area contributed by atoms with Gasteiger partial charge in [-0.25, -0.2) is 8.42 Å². The van der Waals surface area contributed by atoms with Crippen molar-refractivity contribution in [3.63, 3.8) is 0 Å². The lowest BCUT2D eigenvalue weighted by atomic mass is 10.3. The predicted octanol–water partition coefficient (Wildman–Crippen LogP) is -1.15. The molecule has 0 aromatic heterocycles. The number of hydrogen-bond donors (Lipinski definition) is 2. The number of sulfone groups is 1. The van der Waals surface area contributed by atoms with Gasteiger partial charge in [0.25, 0.3) is 0 Å². The highest BCUT2D eigenvalue weighted by atomic mass is 32.2. The topological polar surface area (TPSA) is 77.8 Å². The largest absolute Gasteiger partial charge is 0.389 e. The van der Waals surface area contributed by atoms with Crippen LogP contribution in [0, 0.1) is 0 Å². The molecule has 1 aliphatic heterocycles. The summed E-state index contributed by atoms with van der Waals surface area (Å²) in [7, 11) is -3.03. The van der Waals surface area contributed by atoms with E-state index in [9.17, 15) is 18.6 Å². The van der Waals surface area contributed by atoms with Crippen LogP contribution in [-0.4, -0.2) is 66.4 Å². The van der Waals surface area contributed by atoms with E-state index >= 15 is 0 Å². The van der Waals surface area contributed by atoms with Crippen molar-refractivity contribution in [3.05, 3.63) is 0 Å². The summed E-state index contributed by atoms with van der Waals surface area (Å²) >= 11 is 0. The molecule has 15 heavy (non-hydrogen) atoms. The first-order valence-electron chi connectivity index (χ1n) is 5.13. The Morgan fingerprint density at radius 3 is 2.13 bits per heavy atom. The maximum atomic E-state index is 11.5.